The van der Waals surface area contributed by atoms with Crippen LogP contribution in [0.4, 0.5) is 18.9 Å². The molecule has 0 bridgehead atoms. The van der Waals surface area contributed by atoms with Crippen LogP contribution in [0.25, 0.3) is 0 Å². The average Bonchev–Trinajstić information content (AvgIpc) is 2.88. The molecule has 0 saturated heterocycles. The number of nitrogens with one attached hydrogen (secondary N) is 1. The lowest BCUT2D eigenvalue weighted by Crippen LogP contribution is -2.11. The van der Waals surface area contributed by atoms with Crippen molar-refractivity contribution in [2.45, 2.75) is 13.1 Å². The molecule has 7 heteroatoms. The molecule has 0 aliphatic heterocycles. The minimum absolute atomic E-state index is 0.145. The molecule has 0 fully saturated rings. The van der Waals surface area contributed by atoms with Crippen molar-refractivity contribution in [2.75, 3.05) is 5.32 Å². The van der Waals surface area contributed by atoms with E-state index < -0.39 is 17.6 Å². The Morgan fingerprint density at radius 1 is 1.00 bits per heavy atom. The third-order valence-electron chi connectivity index (χ3n) is 2.65. The van der Waals surface area contributed by atoms with E-state index in [1.807, 2.05) is 0 Å². The summed E-state index contributed by atoms with van der Waals surface area (Å²) in [6.45, 7) is 1.39. The first-order chi connectivity index (χ1) is 9.77. The molecule has 0 radical (unpaired) electrons. The van der Waals surface area contributed by atoms with Crippen molar-refractivity contribution in [1.29, 1.82) is 0 Å². The third-order valence-corrected chi connectivity index (χ3v) is 3.83. The van der Waals surface area contributed by atoms with E-state index in [4.69, 9.17) is 0 Å². The molecule has 2 aromatic rings. The summed E-state index contributed by atoms with van der Waals surface area (Å²) in [6.07, 6.45) is -4.41. The Morgan fingerprint density at radius 2 is 1.57 bits per heavy atom. The molecule has 3 nitrogen and oxygen atoms in total. The van der Waals surface area contributed by atoms with E-state index in [9.17, 15) is 22.8 Å². The average molecular weight is 313 g/mol. The molecule has 1 N–H and O–H groups in total. The van der Waals surface area contributed by atoms with Gasteiger partial charge in [0.1, 0.15) is 0 Å². The number of alkyl halides is 3. The first kappa shape index (κ1) is 15.2. The van der Waals surface area contributed by atoms with Crippen molar-refractivity contribution in [3.63, 3.8) is 0 Å². The minimum atomic E-state index is -4.41. The highest BCUT2D eigenvalue weighted by molar-refractivity contribution is 7.16. The van der Waals surface area contributed by atoms with Gasteiger partial charge in [0.15, 0.2) is 5.78 Å². The molecule has 110 valence electrons. The number of rotatable bonds is 3. The maximum absolute atomic E-state index is 12.4. The summed E-state index contributed by atoms with van der Waals surface area (Å²) in [4.78, 5) is 23.8. The Kier molecular flexibility index (Phi) is 4.13. The van der Waals surface area contributed by atoms with Gasteiger partial charge < -0.3 is 5.32 Å². The zero-order valence-corrected chi connectivity index (χ0v) is 11.6. The van der Waals surface area contributed by atoms with Crippen LogP contribution in [0.5, 0.6) is 0 Å². The number of carbonyl (C=O) groups excluding carboxylic acids is 2. The monoisotopic (exact) mass is 313 g/mol. The van der Waals surface area contributed by atoms with E-state index in [1.165, 1.54) is 31.2 Å². The zero-order chi connectivity index (χ0) is 15.6. The number of hydrogen-bond acceptors (Lipinski definition) is 3. The Bertz CT molecular complexity index is 674. The number of hydrogen-bond donors (Lipinski definition) is 1. The zero-order valence-electron chi connectivity index (χ0n) is 10.8. The second-order valence-corrected chi connectivity index (χ2v) is 5.33. The smallest absolute Gasteiger partial charge is 0.321 e. The van der Waals surface area contributed by atoms with Crippen LogP contribution in [0.1, 0.15) is 31.8 Å². The fraction of sp³-hybridized carbons (Fsp3) is 0.143. The maximum atomic E-state index is 12.4. The number of halogens is 3. The summed E-state index contributed by atoms with van der Waals surface area (Å²) >= 11 is 1.03. The topological polar surface area (TPSA) is 46.2 Å². The molecule has 2 rings (SSSR count). The van der Waals surface area contributed by atoms with Gasteiger partial charge in [0.05, 0.1) is 15.3 Å². The number of anilines is 1. The van der Waals surface area contributed by atoms with Crippen LogP contribution in [0, 0.1) is 0 Å². The summed E-state index contributed by atoms with van der Waals surface area (Å²) in [5.74, 6) is -0.610. The van der Waals surface area contributed by atoms with Gasteiger partial charge in [-0.25, -0.2) is 0 Å². The van der Waals surface area contributed by atoms with Crippen molar-refractivity contribution in [3.8, 4) is 0 Å². The van der Waals surface area contributed by atoms with E-state index in [0.29, 0.717) is 9.75 Å². The van der Waals surface area contributed by atoms with Gasteiger partial charge in [0.2, 0.25) is 0 Å². The lowest BCUT2D eigenvalue weighted by molar-refractivity contribution is -0.137. The van der Waals surface area contributed by atoms with Gasteiger partial charge in [-0.05, 0) is 43.3 Å². The standard InChI is InChI=1S/C14H10F3NO2S/c1-8(19)11-6-7-12(21-11)13(20)18-10-4-2-9(3-5-10)14(15,16)17/h2-7H,1H3,(H,18,20). The van der Waals surface area contributed by atoms with E-state index in [2.05, 4.69) is 5.32 Å². The molecular weight excluding hydrogens is 303 g/mol. The van der Waals surface area contributed by atoms with Crippen molar-refractivity contribution >= 4 is 28.7 Å². The van der Waals surface area contributed by atoms with Gasteiger partial charge in [0, 0.05) is 5.69 Å². The lowest BCUT2D eigenvalue weighted by Gasteiger charge is -2.08. The van der Waals surface area contributed by atoms with Crippen LogP contribution < -0.4 is 5.32 Å². The van der Waals surface area contributed by atoms with E-state index >= 15 is 0 Å². The number of thiophene rings is 1. The Balaban J connectivity index is 2.10. The largest absolute Gasteiger partial charge is 0.416 e. The molecule has 21 heavy (non-hydrogen) atoms. The highest BCUT2D eigenvalue weighted by Gasteiger charge is 2.30. The Hall–Kier alpha value is -2.15. The summed E-state index contributed by atoms with van der Waals surface area (Å²) in [7, 11) is 0. The maximum Gasteiger partial charge on any atom is 0.416 e. The summed E-state index contributed by atoms with van der Waals surface area (Å²) in [5.41, 5.74) is -0.527. The molecule has 1 amide bonds. The van der Waals surface area contributed by atoms with Gasteiger partial charge in [-0.1, -0.05) is 0 Å². The lowest BCUT2D eigenvalue weighted by atomic mass is 10.2. The van der Waals surface area contributed by atoms with Crippen LogP contribution in [0.3, 0.4) is 0 Å². The molecule has 0 atom stereocenters. The normalized spacial score (nSPS) is 11.2. The molecular formula is C14H10F3NO2S. The SMILES string of the molecule is CC(=O)c1ccc(C(=O)Nc2ccc(C(F)(F)F)cc2)s1. The molecule has 0 unspecified atom stereocenters. The second kappa shape index (κ2) is 5.69. The van der Waals surface area contributed by atoms with Gasteiger partial charge >= 0.3 is 6.18 Å². The predicted octanol–water partition coefficient (Wildman–Crippen LogP) is 4.22. The van der Waals surface area contributed by atoms with Gasteiger partial charge in [0.25, 0.3) is 5.91 Å². The fourth-order valence-corrected chi connectivity index (χ4v) is 2.38. The first-order valence-corrected chi connectivity index (χ1v) is 6.68. The molecule has 1 heterocycles. The highest BCUT2D eigenvalue weighted by atomic mass is 32.1. The summed E-state index contributed by atoms with van der Waals surface area (Å²) in [6, 6.07) is 7.19. The predicted molar refractivity (Wildman–Crippen MR) is 73.7 cm³/mol. The second-order valence-electron chi connectivity index (χ2n) is 4.25. The molecule has 0 spiro atoms. The van der Waals surface area contributed by atoms with Gasteiger partial charge in [-0.2, -0.15) is 13.2 Å². The first-order valence-electron chi connectivity index (χ1n) is 5.87. The van der Waals surface area contributed by atoms with Crippen LogP contribution in [-0.2, 0) is 6.18 Å². The van der Waals surface area contributed by atoms with Crippen LogP contribution >= 0.6 is 11.3 Å². The number of benzene rings is 1. The van der Waals surface area contributed by atoms with Crippen molar-refractivity contribution in [1.82, 2.24) is 0 Å². The van der Waals surface area contributed by atoms with Crippen LogP contribution in [0.2, 0.25) is 0 Å². The minimum Gasteiger partial charge on any atom is -0.321 e. The molecule has 0 saturated carbocycles. The van der Waals surface area contributed by atoms with E-state index in [0.717, 1.165) is 23.5 Å². The Labute approximate surface area is 122 Å². The highest BCUT2D eigenvalue weighted by Crippen LogP contribution is 2.30. The number of Topliss-reactive ketones (excluding diaryl/α,β-unsaturated/α-hetero) is 1. The van der Waals surface area contributed by atoms with E-state index in [1.54, 1.807) is 0 Å². The number of carbonyl (C=O) groups is 2. The molecule has 1 aromatic carbocycles. The van der Waals surface area contributed by atoms with Gasteiger partial charge in [-0.3, -0.25) is 9.59 Å². The fourth-order valence-electron chi connectivity index (χ4n) is 1.58. The number of ketones is 1. The molecule has 1 aromatic heterocycles. The van der Waals surface area contributed by atoms with Crippen molar-refractivity contribution < 1.29 is 22.8 Å². The van der Waals surface area contributed by atoms with Crippen molar-refractivity contribution in [2.24, 2.45) is 0 Å². The van der Waals surface area contributed by atoms with Crippen LogP contribution in [-0.4, -0.2) is 11.7 Å². The number of amides is 1. The Morgan fingerprint density at radius 3 is 2.05 bits per heavy atom. The van der Waals surface area contributed by atoms with Crippen molar-refractivity contribution in [3.05, 3.63) is 51.7 Å². The quantitative estimate of drug-likeness (QED) is 0.862. The van der Waals surface area contributed by atoms with E-state index in [-0.39, 0.29) is 11.5 Å². The molecule has 0 aliphatic rings. The summed E-state index contributed by atoms with van der Waals surface area (Å²) < 4.78 is 37.2. The van der Waals surface area contributed by atoms with Crippen LogP contribution in [0.15, 0.2) is 36.4 Å². The molecule has 0 aliphatic carbocycles. The third kappa shape index (κ3) is 3.69. The van der Waals surface area contributed by atoms with Gasteiger partial charge in [-0.15, -0.1) is 11.3 Å². The summed E-state index contributed by atoms with van der Waals surface area (Å²) in [5, 5.41) is 2.48.